The van der Waals surface area contributed by atoms with E-state index >= 15 is 0 Å². The number of carbonyl (C=O) groups excluding carboxylic acids is 1. The van der Waals surface area contributed by atoms with Crippen LogP contribution in [0.15, 0.2) is 42.5 Å². The third-order valence-electron chi connectivity index (χ3n) is 5.00. The Morgan fingerprint density at radius 3 is 2.68 bits per heavy atom. The first-order valence-electron chi connectivity index (χ1n) is 8.57. The number of halogens is 1. The van der Waals surface area contributed by atoms with Crippen LogP contribution < -0.4 is 10.2 Å². The molecule has 0 aliphatic carbocycles. The van der Waals surface area contributed by atoms with Crippen molar-refractivity contribution in [1.82, 2.24) is 5.32 Å². The molecule has 0 bridgehead atoms. The van der Waals surface area contributed by atoms with Crippen LogP contribution in [0, 0.1) is 6.92 Å². The first-order valence-corrected chi connectivity index (χ1v) is 8.57. The number of rotatable bonds is 3. The molecule has 1 fully saturated rings. The zero-order valence-corrected chi connectivity index (χ0v) is 15.1. The minimum Gasteiger partial charge on any atom is -0.454 e. The number of piperazine rings is 1. The standard InChI is InChI=1S/C20H22N2O2.ClH/c1-14-4-2-3-5-15(14)12-19-17-7-6-16(13-18(17)20(23)24-19)22-10-8-21-9-11-22;/h2-7,13,19,21H,8-12H2,1H3;1H. The number of anilines is 1. The molecule has 2 aliphatic rings. The monoisotopic (exact) mass is 358 g/mol. The van der Waals surface area contributed by atoms with Crippen LogP contribution in [0.2, 0.25) is 0 Å². The molecule has 1 saturated heterocycles. The predicted molar refractivity (Wildman–Crippen MR) is 102 cm³/mol. The summed E-state index contributed by atoms with van der Waals surface area (Å²) in [4.78, 5) is 14.7. The topological polar surface area (TPSA) is 41.6 Å². The van der Waals surface area contributed by atoms with Gasteiger partial charge in [-0.1, -0.05) is 30.3 Å². The van der Waals surface area contributed by atoms with Gasteiger partial charge in [0.1, 0.15) is 6.10 Å². The van der Waals surface area contributed by atoms with Crippen molar-refractivity contribution in [3.05, 3.63) is 64.7 Å². The van der Waals surface area contributed by atoms with Gasteiger partial charge < -0.3 is 15.0 Å². The highest BCUT2D eigenvalue weighted by Gasteiger charge is 2.32. The van der Waals surface area contributed by atoms with Crippen molar-refractivity contribution in [1.29, 1.82) is 0 Å². The molecule has 1 N–H and O–H groups in total. The number of nitrogens with one attached hydrogen (secondary N) is 1. The summed E-state index contributed by atoms with van der Waals surface area (Å²) in [6.07, 6.45) is 0.559. The highest BCUT2D eigenvalue weighted by Crippen LogP contribution is 2.36. The van der Waals surface area contributed by atoms with E-state index in [2.05, 4.69) is 41.4 Å². The van der Waals surface area contributed by atoms with Crippen LogP contribution in [0.3, 0.4) is 0 Å². The van der Waals surface area contributed by atoms with E-state index in [1.54, 1.807) is 0 Å². The van der Waals surface area contributed by atoms with Gasteiger partial charge in [-0.2, -0.15) is 0 Å². The van der Waals surface area contributed by atoms with Gasteiger partial charge in [0.2, 0.25) is 0 Å². The molecule has 2 aromatic rings. The average molecular weight is 359 g/mol. The molecule has 25 heavy (non-hydrogen) atoms. The number of benzene rings is 2. The highest BCUT2D eigenvalue weighted by molar-refractivity contribution is 5.95. The Morgan fingerprint density at radius 2 is 1.92 bits per heavy atom. The van der Waals surface area contributed by atoms with E-state index in [-0.39, 0.29) is 24.5 Å². The highest BCUT2D eigenvalue weighted by atomic mass is 35.5. The average Bonchev–Trinajstić information content (AvgIpc) is 2.93. The number of hydrogen-bond acceptors (Lipinski definition) is 4. The van der Waals surface area contributed by atoms with Crippen molar-refractivity contribution in [2.24, 2.45) is 0 Å². The number of carbonyl (C=O) groups is 1. The van der Waals surface area contributed by atoms with Crippen LogP contribution in [0.5, 0.6) is 0 Å². The lowest BCUT2D eigenvalue weighted by Crippen LogP contribution is -2.43. The Labute approximate surface area is 154 Å². The number of aryl methyl sites for hydroxylation is 1. The van der Waals surface area contributed by atoms with E-state index in [1.165, 1.54) is 11.1 Å². The first-order chi connectivity index (χ1) is 11.7. The van der Waals surface area contributed by atoms with E-state index in [9.17, 15) is 4.79 Å². The molecule has 4 rings (SSSR count). The van der Waals surface area contributed by atoms with Gasteiger partial charge in [0, 0.05) is 43.9 Å². The summed E-state index contributed by atoms with van der Waals surface area (Å²) in [6.45, 7) is 6.01. The molecule has 4 nitrogen and oxygen atoms in total. The molecule has 2 aliphatic heterocycles. The number of fused-ring (bicyclic) bond motifs is 1. The largest absolute Gasteiger partial charge is 0.454 e. The fourth-order valence-electron chi connectivity index (χ4n) is 3.57. The summed E-state index contributed by atoms with van der Waals surface area (Å²) in [6, 6.07) is 14.5. The Bertz CT molecular complexity index is 772. The maximum Gasteiger partial charge on any atom is 0.339 e. The molecule has 0 saturated carbocycles. The van der Waals surface area contributed by atoms with Gasteiger partial charge in [0.25, 0.3) is 0 Å². The van der Waals surface area contributed by atoms with Crippen LogP contribution in [0.4, 0.5) is 5.69 Å². The number of nitrogens with zero attached hydrogens (tertiary/aromatic N) is 1. The first kappa shape index (κ1) is 17.8. The van der Waals surface area contributed by atoms with Crippen LogP contribution in [-0.2, 0) is 11.2 Å². The maximum absolute atomic E-state index is 12.3. The second-order valence-corrected chi connectivity index (χ2v) is 6.53. The lowest BCUT2D eigenvalue weighted by atomic mass is 9.96. The SMILES string of the molecule is Cc1ccccc1CC1OC(=O)c2cc(N3CCNCC3)ccc21.Cl. The Kier molecular flexibility index (Phi) is 5.30. The van der Waals surface area contributed by atoms with Crippen LogP contribution in [0.1, 0.15) is 33.2 Å². The summed E-state index contributed by atoms with van der Waals surface area (Å²) in [7, 11) is 0. The van der Waals surface area contributed by atoms with Crippen molar-refractivity contribution in [3.8, 4) is 0 Å². The van der Waals surface area contributed by atoms with Gasteiger partial charge in [-0.3, -0.25) is 0 Å². The molecule has 5 heteroatoms. The molecule has 1 atom stereocenters. The number of esters is 1. The summed E-state index contributed by atoms with van der Waals surface area (Å²) in [5, 5.41) is 3.35. The van der Waals surface area contributed by atoms with Gasteiger partial charge in [-0.15, -0.1) is 12.4 Å². The molecule has 2 aromatic carbocycles. The van der Waals surface area contributed by atoms with E-state index in [4.69, 9.17) is 4.74 Å². The number of cyclic esters (lactones) is 1. The molecule has 0 aromatic heterocycles. The minimum absolute atomic E-state index is 0. The van der Waals surface area contributed by atoms with E-state index in [0.717, 1.165) is 49.4 Å². The minimum atomic E-state index is -0.194. The molecular weight excluding hydrogens is 336 g/mol. The summed E-state index contributed by atoms with van der Waals surface area (Å²) in [5.41, 5.74) is 5.32. The lowest BCUT2D eigenvalue weighted by Gasteiger charge is -2.29. The van der Waals surface area contributed by atoms with Gasteiger partial charge in [-0.25, -0.2) is 4.79 Å². The lowest BCUT2D eigenvalue weighted by molar-refractivity contribution is 0.0387. The maximum atomic E-state index is 12.3. The molecule has 132 valence electrons. The zero-order valence-electron chi connectivity index (χ0n) is 14.3. The van der Waals surface area contributed by atoms with Crippen molar-refractivity contribution >= 4 is 24.1 Å². The van der Waals surface area contributed by atoms with Crippen LogP contribution >= 0.6 is 12.4 Å². The second-order valence-electron chi connectivity index (χ2n) is 6.53. The summed E-state index contributed by atoms with van der Waals surface area (Å²) in [5.74, 6) is -0.194. The van der Waals surface area contributed by atoms with Crippen LogP contribution in [0.25, 0.3) is 0 Å². The molecular formula is C20H23ClN2O2. The van der Waals surface area contributed by atoms with Crippen molar-refractivity contribution in [2.45, 2.75) is 19.4 Å². The quantitative estimate of drug-likeness (QED) is 0.855. The smallest absolute Gasteiger partial charge is 0.339 e. The van der Waals surface area contributed by atoms with E-state index < -0.39 is 0 Å². The van der Waals surface area contributed by atoms with Crippen molar-refractivity contribution in [2.75, 3.05) is 31.1 Å². The molecule has 0 spiro atoms. The number of ether oxygens (including phenoxy) is 1. The van der Waals surface area contributed by atoms with E-state index in [1.807, 2.05) is 18.2 Å². The Balaban J connectivity index is 0.00000182. The van der Waals surface area contributed by atoms with Gasteiger partial charge >= 0.3 is 5.97 Å². The van der Waals surface area contributed by atoms with Crippen LogP contribution in [-0.4, -0.2) is 32.1 Å². The fourth-order valence-corrected chi connectivity index (χ4v) is 3.57. The van der Waals surface area contributed by atoms with Gasteiger partial charge in [0.05, 0.1) is 5.56 Å². The van der Waals surface area contributed by atoms with Crippen molar-refractivity contribution in [3.63, 3.8) is 0 Å². The summed E-state index contributed by atoms with van der Waals surface area (Å²) >= 11 is 0. The zero-order chi connectivity index (χ0) is 16.5. The molecule has 2 heterocycles. The Hall–Kier alpha value is -2.04. The molecule has 0 amide bonds. The third-order valence-corrected chi connectivity index (χ3v) is 5.00. The molecule has 0 radical (unpaired) electrons. The normalized spacial score (nSPS) is 19.2. The van der Waals surface area contributed by atoms with Gasteiger partial charge in [-0.05, 0) is 30.2 Å². The fraction of sp³-hybridized carbons (Fsp3) is 0.350. The summed E-state index contributed by atoms with van der Waals surface area (Å²) < 4.78 is 5.66. The third kappa shape index (κ3) is 3.51. The Morgan fingerprint density at radius 1 is 1.16 bits per heavy atom. The van der Waals surface area contributed by atoms with Gasteiger partial charge in [0.15, 0.2) is 0 Å². The van der Waals surface area contributed by atoms with E-state index in [0.29, 0.717) is 0 Å². The predicted octanol–water partition coefficient (Wildman–Crippen LogP) is 3.28. The second kappa shape index (κ2) is 7.46. The van der Waals surface area contributed by atoms with Crippen molar-refractivity contribution < 1.29 is 9.53 Å². The number of hydrogen-bond donors (Lipinski definition) is 1. The molecule has 1 unspecified atom stereocenters.